The number of carbonyl (C=O) groups excluding carboxylic acids is 2. The van der Waals surface area contributed by atoms with Crippen LogP contribution in [0.1, 0.15) is 51.7 Å². The summed E-state index contributed by atoms with van der Waals surface area (Å²) < 4.78 is 26.3. The van der Waals surface area contributed by atoms with Gasteiger partial charge in [0.1, 0.15) is 6.04 Å². The van der Waals surface area contributed by atoms with Crippen molar-refractivity contribution >= 4 is 62.3 Å². The van der Waals surface area contributed by atoms with E-state index in [0.717, 1.165) is 11.8 Å². The Morgan fingerprint density at radius 3 is 2.24 bits per heavy atom. The molecule has 0 aromatic heterocycles. The third-order valence-corrected chi connectivity index (χ3v) is 7.75. The lowest BCUT2D eigenvalue weighted by Crippen LogP contribution is -2.52. The Morgan fingerprint density at radius 1 is 1.03 bits per heavy atom. The average Bonchev–Trinajstić information content (AvgIpc) is 2.76. The maximum atomic E-state index is 13.4. The van der Waals surface area contributed by atoms with Crippen LogP contribution in [0.4, 0.5) is 5.69 Å². The standard InChI is InChI=1S/C26H34Cl3N3O4S/c1-17-9-11-20(27)15-23(17)32(37(6,35)36)13-7-8-24(33)31(18(2)25(34)30-26(3,4)5)16-19-10-12-21(28)22(29)14-19/h9-12,14-15,18H,7-8,13,16H2,1-6H3,(H,30,34). The van der Waals surface area contributed by atoms with Crippen molar-refractivity contribution in [2.45, 2.75) is 65.6 Å². The fourth-order valence-electron chi connectivity index (χ4n) is 3.73. The normalized spacial score (nSPS) is 12.7. The Balaban J connectivity index is 2.25. The van der Waals surface area contributed by atoms with Gasteiger partial charge >= 0.3 is 0 Å². The number of nitrogens with zero attached hydrogens (tertiary/aromatic N) is 2. The molecule has 0 aliphatic carbocycles. The van der Waals surface area contributed by atoms with Gasteiger partial charge in [-0.05, 0) is 76.4 Å². The molecule has 0 radical (unpaired) electrons. The predicted octanol–water partition coefficient (Wildman–Crippen LogP) is 5.83. The molecule has 1 atom stereocenters. The quantitative estimate of drug-likeness (QED) is 0.377. The van der Waals surface area contributed by atoms with Crippen molar-refractivity contribution in [2.75, 3.05) is 17.1 Å². The Morgan fingerprint density at radius 2 is 1.68 bits per heavy atom. The second-order valence-corrected chi connectivity index (χ2v) is 13.2. The van der Waals surface area contributed by atoms with Crippen LogP contribution in [0.25, 0.3) is 0 Å². The fourth-order valence-corrected chi connectivity index (χ4v) is 5.23. The highest BCUT2D eigenvalue weighted by molar-refractivity contribution is 7.92. The van der Waals surface area contributed by atoms with Crippen molar-refractivity contribution in [1.82, 2.24) is 10.2 Å². The highest BCUT2D eigenvalue weighted by atomic mass is 35.5. The summed E-state index contributed by atoms with van der Waals surface area (Å²) in [6.45, 7) is 9.26. The van der Waals surface area contributed by atoms with Crippen LogP contribution in [0.2, 0.25) is 15.1 Å². The van der Waals surface area contributed by atoms with Crippen LogP contribution in [0.3, 0.4) is 0 Å². The SMILES string of the molecule is Cc1ccc(Cl)cc1N(CCCC(=O)N(Cc1ccc(Cl)c(Cl)c1)C(C)C(=O)NC(C)(C)C)S(C)(=O)=O. The minimum absolute atomic E-state index is 0.0279. The van der Waals surface area contributed by atoms with Crippen LogP contribution in [0.15, 0.2) is 36.4 Å². The smallest absolute Gasteiger partial charge is 0.242 e. The van der Waals surface area contributed by atoms with Gasteiger partial charge in [0.2, 0.25) is 21.8 Å². The molecule has 0 spiro atoms. The molecule has 2 aromatic rings. The molecular formula is C26H34Cl3N3O4S. The minimum atomic E-state index is -3.62. The zero-order valence-electron chi connectivity index (χ0n) is 21.9. The van der Waals surface area contributed by atoms with Crippen LogP contribution >= 0.6 is 34.8 Å². The lowest BCUT2D eigenvalue weighted by Gasteiger charge is -2.32. The van der Waals surface area contributed by atoms with Crippen molar-refractivity contribution in [3.05, 3.63) is 62.6 Å². The molecule has 204 valence electrons. The van der Waals surface area contributed by atoms with Gasteiger partial charge < -0.3 is 10.2 Å². The number of halogens is 3. The molecule has 0 heterocycles. The van der Waals surface area contributed by atoms with E-state index >= 15 is 0 Å². The molecule has 0 saturated heterocycles. The van der Waals surface area contributed by atoms with Crippen molar-refractivity contribution in [2.24, 2.45) is 0 Å². The highest BCUT2D eigenvalue weighted by Gasteiger charge is 2.29. The van der Waals surface area contributed by atoms with Gasteiger partial charge in [0.15, 0.2) is 0 Å². The second-order valence-electron chi connectivity index (χ2n) is 10.1. The fraction of sp³-hybridized carbons (Fsp3) is 0.462. The van der Waals surface area contributed by atoms with Gasteiger partial charge in [-0.1, -0.05) is 46.9 Å². The van der Waals surface area contributed by atoms with E-state index < -0.39 is 21.6 Å². The molecule has 0 fully saturated rings. The van der Waals surface area contributed by atoms with Crippen LogP contribution in [0.5, 0.6) is 0 Å². The molecule has 2 aromatic carbocycles. The summed E-state index contributed by atoms with van der Waals surface area (Å²) in [4.78, 5) is 27.8. The number of rotatable bonds is 10. The maximum Gasteiger partial charge on any atom is 0.242 e. The Hall–Kier alpha value is -2.00. The average molecular weight is 591 g/mol. The number of amides is 2. The van der Waals surface area contributed by atoms with E-state index in [0.29, 0.717) is 26.3 Å². The minimum Gasteiger partial charge on any atom is -0.350 e. The lowest BCUT2D eigenvalue weighted by molar-refractivity contribution is -0.141. The van der Waals surface area contributed by atoms with Crippen molar-refractivity contribution in [3.63, 3.8) is 0 Å². The number of carbonyl (C=O) groups is 2. The van der Waals surface area contributed by atoms with Gasteiger partial charge in [-0.15, -0.1) is 0 Å². The lowest BCUT2D eigenvalue weighted by atomic mass is 10.1. The molecule has 1 unspecified atom stereocenters. The monoisotopic (exact) mass is 589 g/mol. The van der Waals surface area contributed by atoms with Crippen molar-refractivity contribution < 1.29 is 18.0 Å². The number of nitrogens with one attached hydrogen (secondary N) is 1. The third kappa shape index (κ3) is 9.36. The first-order valence-electron chi connectivity index (χ1n) is 11.8. The second kappa shape index (κ2) is 12.7. The molecule has 0 aliphatic rings. The number of benzene rings is 2. The number of sulfonamides is 1. The zero-order valence-corrected chi connectivity index (χ0v) is 25.0. The first-order chi connectivity index (χ1) is 17.0. The van der Waals surface area contributed by atoms with Gasteiger partial charge in [0.05, 0.1) is 22.0 Å². The first kappa shape index (κ1) is 31.2. The molecule has 37 heavy (non-hydrogen) atoms. The predicted molar refractivity (Wildman–Crippen MR) is 152 cm³/mol. The third-order valence-electron chi connectivity index (χ3n) is 5.59. The summed E-state index contributed by atoms with van der Waals surface area (Å²) in [6.07, 6.45) is 1.38. The molecule has 0 saturated carbocycles. The molecule has 7 nitrogen and oxygen atoms in total. The molecule has 2 amide bonds. The van der Waals surface area contributed by atoms with E-state index in [-0.39, 0.29) is 37.7 Å². The van der Waals surface area contributed by atoms with Crippen molar-refractivity contribution in [3.8, 4) is 0 Å². The number of anilines is 1. The zero-order chi connectivity index (χ0) is 28.1. The molecule has 0 bridgehead atoms. The Kier molecular flexibility index (Phi) is 10.7. The van der Waals surface area contributed by atoms with Crippen molar-refractivity contribution in [1.29, 1.82) is 0 Å². The van der Waals surface area contributed by atoms with Crippen LogP contribution < -0.4 is 9.62 Å². The summed E-state index contributed by atoms with van der Waals surface area (Å²) in [6, 6.07) is 9.30. The molecular weight excluding hydrogens is 557 g/mol. The van der Waals surface area contributed by atoms with E-state index in [4.69, 9.17) is 34.8 Å². The largest absolute Gasteiger partial charge is 0.350 e. The van der Waals surface area contributed by atoms with E-state index in [2.05, 4.69) is 5.32 Å². The summed E-state index contributed by atoms with van der Waals surface area (Å²) in [5, 5.41) is 4.06. The first-order valence-corrected chi connectivity index (χ1v) is 14.8. The number of hydrogen-bond acceptors (Lipinski definition) is 4. The van der Waals surface area contributed by atoms with Gasteiger partial charge in [-0.3, -0.25) is 13.9 Å². The van der Waals surface area contributed by atoms with Gasteiger partial charge in [0.25, 0.3) is 0 Å². The topological polar surface area (TPSA) is 86.8 Å². The van der Waals surface area contributed by atoms with E-state index in [1.807, 2.05) is 20.8 Å². The molecule has 2 rings (SSSR count). The van der Waals surface area contributed by atoms with E-state index in [1.165, 1.54) is 9.21 Å². The Labute approximate surface area is 235 Å². The molecule has 1 N–H and O–H groups in total. The summed E-state index contributed by atoms with van der Waals surface area (Å²) in [7, 11) is -3.62. The highest BCUT2D eigenvalue weighted by Crippen LogP contribution is 2.27. The van der Waals surface area contributed by atoms with Crippen LogP contribution in [-0.4, -0.2) is 49.5 Å². The van der Waals surface area contributed by atoms with E-state index in [1.54, 1.807) is 50.2 Å². The van der Waals surface area contributed by atoms with E-state index in [9.17, 15) is 18.0 Å². The Bertz CT molecular complexity index is 1250. The number of aryl methyl sites for hydroxylation is 1. The summed E-state index contributed by atoms with van der Waals surface area (Å²) >= 11 is 18.3. The summed E-state index contributed by atoms with van der Waals surface area (Å²) in [5.41, 5.74) is 1.45. The maximum absolute atomic E-state index is 13.4. The van der Waals surface area contributed by atoms with Crippen LogP contribution in [0, 0.1) is 6.92 Å². The van der Waals surface area contributed by atoms with Gasteiger partial charge in [-0.25, -0.2) is 8.42 Å². The van der Waals surface area contributed by atoms with Gasteiger partial charge in [0, 0.05) is 30.1 Å². The summed E-state index contributed by atoms with van der Waals surface area (Å²) in [5.74, 6) is -0.591. The molecule has 11 heteroatoms. The van der Waals surface area contributed by atoms with Crippen LogP contribution in [-0.2, 0) is 26.2 Å². The number of hydrogen-bond donors (Lipinski definition) is 1. The van der Waals surface area contributed by atoms with Gasteiger partial charge in [-0.2, -0.15) is 0 Å². The molecule has 0 aliphatic heterocycles.